The molecular weight excluding hydrogens is 372 g/mol. The third-order valence-electron chi connectivity index (χ3n) is 5.69. The van der Waals surface area contributed by atoms with Crippen LogP contribution in [0.25, 0.3) is 5.95 Å². The zero-order valence-corrected chi connectivity index (χ0v) is 17.7. The van der Waals surface area contributed by atoms with Gasteiger partial charge in [0, 0.05) is 56.5 Å². The number of carbonyl (C=O) groups excluding carboxylic acids is 2. The summed E-state index contributed by atoms with van der Waals surface area (Å²) < 4.78 is 1.63. The maximum Gasteiger partial charge on any atom is 0.255 e. The molecule has 3 rings (SSSR count). The number of hydrogen-bond donors (Lipinski definition) is 1. The number of aromatic nitrogens is 4. The Kier molecular flexibility index (Phi) is 5.86. The molecule has 1 aliphatic heterocycles. The van der Waals surface area contributed by atoms with E-state index in [0.29, 0.717) is 56.2 Å². The number of nitrogens with one attached hydrogen (secondary N) is 1. The number of nitrogens with zero attached hydrogens (tertiary/aromatic N) is 5. The number of aryl methyl sites for hydroxylation is 2. The van der Waals surface area contributed by atoms with E-state index in [1.54, 1.807) is 30.4 Å². The average Bonchev–Trinajstić information content (AvgIpc) is 2.97. The molecular formula is C20H28N6O3. The van der Waals surface area contributed by atoms with Crippen molar-refractivity contribution in [1.29, 1.82) is 0 Å². The quantitative estimate of drug-likeness (QED) is 0.818. The van der Waals surface area contributed by atoms with Crippen LogP contribution in [0, 0.1) is 27.7 Å². The molecule has 1 aliphatic rings. The normalized spacial score (nSPS) is 14.4. The molecule has 2 aromatic rings. The molecule has 0 spiro atoms. The van der Waals surface area contributed by atoms with Crippen molar-refractivity contribution in [2.24, 2.45) is 0 Å². The van der Waals surface area contributed by atoms with E-state index in [1.165, 1.54) is 0 Å². The summed E-state index contributed by atoms with van der Waals surface area (Å²) >= 11 is 0. The van der Waals surface area contributed by atoms with Crippen LogP contribution in [0.2, 0.25) is 0 Å². The van der Waals surface area contributed by atoms with Crippen molar-refractivity contribution in [3.63, 3.8) is 0 Å². The van der Waals surface area contributed by atoms with Crippen LogP contribution < -0.4 is 5.56 Å². The third kappa shape index (κ3) is 4.23. The van der Waals surface area contributed by atoms with Crippen LogP contribution in [-0.2, 0) is 16.0 Å². The molecule has 0 saturated carbocycles. The fourth-order valence-electron chi connectivity index (χ4n) is 3.63. The Hall–Kier alpha value is -2.97. The molecule has 29 heavy (non-hydrogen) atoms. The first-order chi connectivity index (χ1) is 13.7. The lowest BCUT2D eigenvalue weighted by molar-refractivity contribution is -0.138. The minimum atomic E-state index is -0.179. The summed E-state index contributed by atoms with van der Waals surface area (Å²) in [6.45, 7) is 11.2. The van der Waals surface area contributed by atoms with E-state index >= 15 is 0 Å². The van der Waals surface area contributed by atoms with Crippen molar-refractivity contribution in [3.05, 3.63) is 38.6 Å². The van der Waals surface area contributed by atoms with E-state index in [4.69, 9.17) is 0 Å². The van der Waals surface area contributed by atoms with Gasteiger partial charge in [0.2, 0.25) is 17.8 Å². The van der Waals surface area contributed by atoms with Crippen molar-refractivity contribution in [2.45, 2.75) is 47.5 Å². The second kappa shape index (κ2) is 8.18. The minimum absolute atomic E-state index is 0.0498. The molecule has 0 bridgehead atoms. The number of piperazine rings is 1. The molecule has 0 atom stereocenters. The smallest absolute Gasteiger partial charge is 0.255 e. The van der Waals surface area contributed by atoms with E-state index in [9.17, 15) is 14.4 Å². The van der Waals surface area contributed by atoms with Gasteiger partial charge in [-0.2, -0.15) is 5.10 Å². The van der Waals surface area contributed by atoms with Crippen molar-refractivity contribution in [1.82, 2.24) is 29.5 Å². The average molecular weight is 400 g/mol. The van der Waals surface area contributed by atoms with Crippen molar-refractivity contribution >= 4 is 11.8 Å². The monoisotopic (exact) mass is 400 g/mol. The summed E-state index contributed by atoms with van der Waals surface area (Å²) in [6, 6.07) is 0. The molecule has 0 radical (unpaired) electrons. The minimum Gasteiger partial charge on any atom is -0.339 e. The lowest BCUT2D eigenvalue weighted by Gasteiger charge is -2.34. The number of hydrogen-bond acceptors (Lipinski definition) is 5. The second-order valence-electron chi connectivity index (χ2n) is 7.55. The van der Waals surface area contributed by atoms with Gasteiger partial charge in [0.05, 0.1) is 5.69 Å². The highest BCUT2D eigenvalue weighted by molar-refractivity contribution is 5.77. The second-order valence-corrected chi connectivity index (χ2v) is 7.55. The van der Waals surface area contributed by atoms with Gasteiger partial charge in [-0.1, -0.05) is 0 Å². The number of amides is 2. The summed E-state index contributed by atoms with van der Waals surface area (Å²) in [6.07, 6.45) is 0.947. The van der Waals surface area contributed by atoms with Crippen molar-refractivity contribution < 1.29 is 9.59 Å². The van der Waals surface area contributed by atoms with Gasteiger partial charge in [0.1, 0.15) is 0 Å². The molecule has 3 heterocycles. The number of H-pyrrole nitrogens is 1. The molecule has 2 aromatic heterocycles. The maximum atomic E-state index is 12.6. The Balaban J connectivity index is 1.71. The first kappa shape index (κ1) is 20.8. The van der Waals surface area contributed by atoms with Crippen LogP contribution in [0.1, 0.15) is 41.6 Å². The Morgan fingerprint density at radius 3 is 2.21 bits per heavy atom. The first-order valence-corrected chi connectivity index (χ1v) is 9.85. The van der Waals surface area contributed by atoms with Gasteiger partial charge in [0.25, 0.3) is 5.56 Å². The van der Waals surface area contributed by atoms with Gasteiger partial charge >= 0.3 is 0 Å². The van der Waals surface area contributed by atoms with E-state index in [-0.39, 0.29) is 17.4 Å². The van der Waals surface area contributed by atoms with Crippen LogP contribution in [-0.4, -0.2) is 67.5 Å². The van der Waals surface area contributed by atoms with Crippen LogP contribution in [0.3, 0.4) is 0 Å². The highest BCUT2D eigenvalue weighted by atomic mass is 16.2. The van der Waals surface area contributed by atoms with Gasteiger partial charge in [-0.3, -0.25) is 19.4 Å². The summed E-state index contributed by atoms with van der Waals surface area (Å²) in [5.74, 6) is 0.517. The molecule has 0 unspecified atom stereocenters. The lowest BCUT2D eigenvalue weighted by Crippen LogP contribution is -2.50. The molecule has 9 heteroatoms. The molecule has 1 N–H and O–H groups in total. The van der Waals surface area contributed by atoms with Crippen LogP contribution in [0.4, 0.5) is 0 Å². The summed E-state index contributed by atoms with van der Waals surface area (Å²) in [4.78, 5) is 46.9. The fourth-order valence-corrected chi connectivity index (χ4v) is 3.63. The van der Waals surface area contributed by atoms with Gasteiger partial charge < -0.3 is 9.80 Å². The number of aromatic amines is 1. The Labute approximate surface area is 169 Å². The summed E-state index contributed by atoms with van der Waals surface area (Å²) in [5, 5.41) is 4.53. The summed E-state index contributed by atoms with van der Waals surface area (Å²) in [5.41, 5.74) is 3.74. The van der Waals surface area contributed by atoms with Crippen molar-refractivity contribution in [2.75, 3.05) is 26.2 Å². The fraction of sp³-hybridized carbons (Fsp3) is 0.550. The molecule has 9 nitrogen and oxygen atoms in total. The molecule has 156 valence electrons. The Bertz CT molecular complexity index is 998. The zero-order chi connectivity index (χ0) is 21.3. The maximum absolute atomic E-state index is 12.6. The standard InChI is InChI=1S/C20H28N6O3/c1-12-13(2)21-20(22-19(12)29)26-15(4)17(14(3)23-26)6-7-18(28)25-10-8-24(9-11-25)16(5)27/h6-11H2,1-5H3,(H,21,22,29). The van der Waals surface area contributed by atoms with Gasteiger partial charge in [0.15, 0.2) is 0 Å². The first-order valence-electron chi connectivity index (χ1n) is 9.85. The van der Waals surface area contributed by atoms with Crippen LogP contribution in [0.5, 0.6) is 0 Å². The van der Waals surface area contributed by atoms with E-state index < -0.39 is 0 Å². The van der Waals surface area contributed by atoms with Gasteiger partial charge in [-0.05, 0) is 39.7 Å². The van der Waals surface area contributed by atoms with Gasteiger partial charge in [-0.25, -0.2) is 9.67 Å². The summed E-state index contributed by atoms with van der Waals surface area (Å²) in [7, 11) is 0. The topological polar surface area (TPSA) is 104 Å². The van der Waals surface area contributed by atoms with E-state index in [2.05, 4.69) is 15.1 Å². The molecule has 1 fully saturated rings. The highest BCUT2D eigenvalue weighted by Crippen LogP contribution is 2.18. The Morgan fingerprint density at radius 1 is 1.00 bits per heavy atom. The van der Waals surface area contributed by atoms with E-state index in [0.717, 1.165) is 17.0 Å². The molecule has 1 saturated heterocycles. The molecule has 0 aliphatic carbocycles. The predicted molar refractivity (Wildman–Crippen MR) is 108 cm³/mol. The van der Waals surface area contributed by atoms with Crippen LogP contribution in [0.15, 0.2) is 4.79 Å². The zero-order valence-electron chi connectivity index (χ0n) is 17.7. The van der Waals surface area contributed by atoms with E-state index in [1.807, 2.05) is 18.7 Å². The Morgan fingerprint density at radius 2 is 1.62 bits per heavy atom. The highest BCUT2D eigenvalue weighted by Gasteiger charge is 2.23. The van der Waals surface area contributed by atoms with Crippen molar-refractivity contribution in [3.8, 4) is 5.95 Å². The van der Waals surface area contributed by atoms with Crippen LogP contribution >= 0.6 is 0 Å². The molecule has 0 aromatic carbocycles. The molecule has 2 amide bonds. The van der Waals surface area contributed by atoms with Gasteiger partial charge in [-0.15, -0.1) is 0 Å². The number of rotatable bonds is 4. The predicted octanol–water partition coefficient (Wildman–Crippen LogP) is 0.813. The largest absolute Gasteiger partial charge is 0.339 e. The third-order valence-corrected chi connectivity index (χ3v) is 5.69. The SMILES string of the molecule is CC(=O)N1CCN(C(=O)CCc2c(C)nn(-c3nc(C)c(C)c(=O)[nH]3)c2C)CC1. The number of carbonyl (C=O) groups is 2. The lowest BCUT2D eigenvalue weighted by atomic mass is 10.1.